The van der Waals surface area contributed by atoms with Crippen molar-refractivity contribution >= 4 is 5.78 Å². The predicted octanol–water partition coefficient (Wildman–Crippen LogP) is 3.55. The highest BCUT2D eigenvalue weighted by Gasteiger charge is 2.33. The van der Waals surface area contributed by atoms with Crippen LogP contribution < -0.4 is 5.73 Å². The van der Waals surface area contributed by atoms with E-state index in [1.54, 1.807) is 0 Å². The van der Waals surface area contributed by atoms with Gasteiger partial charge in [-0.1, -0.05) is 70.4 Å². The number of aliphatic hydroxyl groups is 3. The predicted molar refractivity (Wildman–Crippen MR) is 102 cm³/mol. The minimum atomic E-state index is -3.11. The van der Waals surface area contributed by atoms with Gasteiger partial charge in [-0.3, -0.25) is 4.79 Å². The SMILES string of the molecule is CCCCCCCCC=CCCCCCCCC(=O)C(N)C(O)(O)O. The second-order valence-corrected chi connectivity index (χ2v) is 6.97. The molecule has 148 valence electrons. The summed E-state index contributed by atoms with van der Waals surface area (Å²) in [5.74, 6) is -3.64. The number of unbranched alkanes of at least 4 members (excludes halogenated alkanes) is 11. The van der Waals surface area contributed by atoms with Gasteiger partial charge in [-0.2, -0.15) is 0 Å². The van der Waals surface area contributed by atoms with E-state index in [1.807, 2.05) is 0 Å². The summed E-state index contributed by atoms with van der Waals surface area (Å²) in [4.78, 5) is 11.5. The van der Waals surface area contributed by atoms with Gasteiger partial charge in [-0.05, 0) is 32.1 Å². The number of hydrogen-bond donors (Lipinski definition) is 4. The topological polar surface area (TPSA) is 104 Å². The van der Waals surface area contributed by atoms with E-state index in [-0.39, 0.29) is 6.42 Å². The molecule has 0 bridgehead atoms. The van der Waals surface area contributed by atoms with Crippen LogP contribution in [-0.4, -0.2) is 33.1 Å². The molecule has 0 radical (unpaired) electrons. The minimum absolute atomic E-state index is 0.169. The molecule has 1 atom stereocenters. The zero-order valence-electron chi connectivity index (χ0n) is 16.0. The van der Waals surface area contributed by atoms with E-state index in [0.717, 1.165) is 32.1 Å². The summed E-state index contributed by atoms with van der Waals surface area (Å²) in [6, 6.07) is -1.65. The Kier molecular flexibility index (Phi) is 15.0. The van der Waals surface area contributed by atoms with Crippen molar-refractivity contribution in [2.45, 2.75) is 109 Å². The minimum Gasteiger partial charge on any atom is -0.342 e. The lowest BCUT2D eigenvalue weighted by molar-refractivity contribution is -0.317. The molecule has 25 heavy (non-hydrogen) atoms. The molecule has 1 unspecified atom stereocenters. The molecule has 0 aromatic heterocycles. The number of ketones is 1. The molecule has 0 spiro atoms. The maximum absolute atomic E-state index is 11.5. The van der Waals surface area contributed by atoms with Gasteiger partial charge >= 0.3 is 0 Å². The second-order valence-electron chi connectivity index (χ2n) is 6.97. The van der Waals surface area contributed by atoms with Crippen LogP contribution in [-0.2, 0) is 4.79 Å². The quantitative estimate of drug-likeness (QED) is 0.181. The Labute approximate surface area is 153 Å². The number of hydrogen-bond acceptors (Lipinski definition) is 5. The van der Waals surface area contributed by atoms with Crippen molar-refractivity contribution < 1.29 is 20.1 Å². The third kappa shape index (κ3) is 15.2. The largest absolute Gasteiger partial charge is 0.342 e. The van der Waals surface area contributed by atoms with Gasteiger partial charge in [-0.15, -0.1) is 0 Å². The fourth-order valence-corrected chi connectivity index (χ4v) is 2.74. The summed E-state index contributed by atoms with van der Waals surface area (Å²) in [5, 5.41) is 26.5. The molecule has 0 fully saturated rings. The Balaban J connectivity index is 3.36. The highest BCUT2D eigenvalue weighted by Crippen LogP contribution is 2.11. The molecule has 0 amide bonds. The van der Waals surface area contributed by atoms with Crippen molar-refractivity contribution in [3.8, 4) is 0 Å². The van der Waals surface area contributed by atoms with Crippen LogP contribution in [0.1, 0.15) is 96.8 Å². The third-order valence-corrected chi connectivity index (χ3v) is 4.45. The number of carbonyl (C=O) groups is 1. The first-order valence-electron chi connectivity index (χ1n) is 10.00. The Morgan fingerprint density at radius 3 is 1.76 bits per heavy atom. The van der Waals surface area contributed by atoms with Gasteiger partial charge in [0.15, 0.2) is 5.78 Å². The fourth-order valence-electron chi connectivity index (χ4n) is 2.74. The first kappa shape index (κ1) is 24.2. The summed E-state index contributed by atoms with van der Waals surface area (Å²) >= 11 is 0. The van der Waals surface area contributed by atoms with Crippen LogP contribution in [0.5, 0.6) is 0 Å². The van der Waals surface area contributed by atoms with Crippen molar-refractivity contribution in [3.63, 3.8) is 0 Å². The average Bonchev–Trinajstić information content (AvgIpc) is 2.56. The highest BCUT2D eigenvalue weighted by atomic mass is 16.7. The lowest BCUT2D eigenvalue weighted by Crippen LogP contribution is -2.52. The maximum Gasteiger partial charge on any atom is 0.298 e. The molecule has 0 aliphatic rings. The van der Waals surface area contributed by atoms with E-state index in [9.17, 15) is 4.79 Å². The van der Waals surface area contributed by atoms with Gasteiger partial charge in [0.05, 0.1) is 0 Å². The lowest BCUT2D eigenvalue weighted by atomic mass is 10.0. The Morgan fingerprint density at radius 2 is 1.28 bits per heavy atom. The van der Waals surface area contributed by atoms with Crippen molar-refractivity contribution in [3.05, 3.63) is 12.2 Å². The summed E-state index contributed by atoms with van der Waals surface area (Å²) in [7, 11) is 0. The third-order valence-electron chi connectivity index (χ3n) is 4.45. The fraction of sp³-hybridized carbons (Fsp3) is 0.850. The molecule has 0 aliphatic carbocycles. The summed E-state index contributed by atoms with van der Waals surface area (Å²) in [6.45, 7) is 2.24. The van der Waals surface area contributed by atoms with E-state index >= 15 is 0 Å². The molecule has 5 heteroatoms. The Morgan fingerprint density at radius 1 is 0.840 bits per heavy atom. The first-order valence-corrected chi connectivity index (χ1v) is 10.00. The number of carbonyl (C=O) groups excluding carboxylic acids is 1. The molecule has 5 nitrogen and oxygen atoms in total. The van der Waals surface area contributed by atoms with Crippen LogP contribution in [0.15, 0.2) is 12.2 Å². The van der Waals surface area contributed by atoms with Gasteiger partial charge in [0.1, 0.15) is 6.04 Å². The van der Waals surface area contributed by atoms with E-state index in [1.165, 1.54) is 44.9 Å². The van der Waals surface area contributed by atoms with Crippen LogP contribution in [0, 0.1) is 0 Å². The second kappa shape index (κ2) is 15.5. The number of allylic oxidation sites excluding steroid dienone is 2. The number of rotatable bonds is 17. The van der Waals surface area contributed by atoms with Crippen molar-refractivity contribution in [2.75, 3.05) is 0 Å². The first-order chi connectivity index (χ1) is 11.9. The maximum atomic E-state index is 11.5. The van der Waals surface area contributed by atoms with Gasteiger partial charge < -0.3 is 21.1 Å². The van der Waals surface area contributed by atoms with Gasteiger partial charge in [0.2, 0.25) is 0 Å². The zero-order valence-corrected chi connectivity index (χ0v) is 16.0. The number of nitrogens with two attached hydrogens (primary N) is 1. The molecular formula is C20H39NO4. The van der Waals surface area contributed by atoms with Gasteiger partial charge in [0.25, 0.3) is 5.97 Å². The van der Waals surface area contributed by atoms with Crippen molar-refractivity contribution in [1.82, 2.24) is 0 Å². The van der Waals surface area contributed by atoms with Crippen LogP contribution >= 0.6 is 0 Å². The van der Waals surface area contributed by atoms with Gasteiger partial charge in [-0.25, -0.2) is 0 Å². The Hall–Kier alpha value is -0.750. The Bertz CT molecular complexity index is 350. The average molecular weight is 358 g/mol. The lowest BCUT2D eigenvalue weighted by Gasteiger charge is -2.20. The van der Waals surface area contributed by atoms with Crippen LogP contribution in [0.4, 0.5) is 0 Å². The molecule has 5 N–H and O–H groups in total. The molecule has 0 heterocycles. The summed E-state index contributed by atoms with van der Waals surface area (Å²) < 4.78 is 0. The molecule has 0 aromatic carbocycles. The molecule has 0 saturated carbocycles. The van der Waals surface area contributed by atoms with Crippen LogP contribution in [0.2, 0.25) is 0 Å². The van der Waals surface area contributed by atoms with E-state index in [2.05, 4.69) is 19.1 Å². The van der Waals surface area contributed by atoms with Crippen molar-refractivity contribution in [2.24, 2.45) is 5.73 Å². The van der Waals surface area contributed by atoms with Gasteiger partial charge in [0, 0.05) is 6.42 Å². The van der Waals surface area contributed by atoms with Crippen LogP contribution in [0.3, 0.4) is 0 Å². The van der Waals surface area contributed by atoms with E-state index in [4.69, 9.17) is 21.1 Å². The van der Waals surface area contributed by atoms with E-state index < -0.39 is 17.8 Å². The highest BCUT2D eigenvalue weighted by molar-refractivity contribution is 5.84. The number of Topliss-reactive ketones (excluding diaryl/α,β-unsaturated/α-hetero) is 1. The smallest absolute Gasteiger partial charge is 0.298 e. The summed E-state index contributed by atoms with van der Waals surface area (Å²) in [5.41, 5.74) is 5.25. The molecule has 0 rings (SSSR count). The van der Waals surface area contributed by atoms with Crippen molar-refractivity contribution in [1.29, 1.82) is 0 Å². The normalized spacial score (nSPS) is 13.5. The molecule has 0 aliphatic heterocycles. The van der Waals surface area contributed by atoms with E-state index in [0.29, 0.717) is 6.42 Å². The summed E-state index contributed by atoms with van der Waals surface area (Å²) in [6.07, 6.45) is 20.0. The molecule has 0 saturated heterocycles. The molecular weight excluding hydrogens is 318 g/mol. The molecule has 0 aromatic rings. The monoisotopic (exact) mass is 357 g/mol. The zero-order chi connectivity index (χ0) is 19.0. The van der Waals surface area contributed by atoms with Crippen LogP contribution in [0.25, 0.3) is 0 Å². The standard InChI is InChI=1S/C20H39NO4/c1-2-3-4-5-6-7-8-9-10-11-12-13-14-15-16-17-18(22)19(21)20(23,24)25/h9-10,19,23-25H,2-8,11-17,21H2,1H3.